The maximum Gasteiger partial charge on any atom is 0.342 e. The summed E-state index contributed by atoms with van der Waals surface area (Å²) in [6.45, 7) is 14.5. The molecule has 2 atom stereocenters. The molecule has 10 heteroatoms. The summed E-state index contributed by atoms with van der Waals surface area (Å²) in [5, 5.41) is 19.8. The van der Waals surface area contributed by atoms with Crippen LogP contribution in [0.5, 0.6) is 0 Å². The molecule has 4 rings (SSSR count). The van der Waals surface area contributed by atoms with Crippen molar-refractivity contribution in [3.05, 3.63) is 101 Å². The Labute approximate surface area is 251 Å². The zero-order chi connectivity index (χ0) is 30.9. The monoisotopic (exact) mass is 590 g/mol. The number of aliphatic carboxylic acids is 1. The van der Waals surface area contributed by atoms with Crippen molar-refractivity contribution in [2.24, 2.45) is 0 Å². The quantitative estimate of drug-likeness (QED) is 0.119. The second-order valence-electron chi connectivity index (χ2n) is 10.4. The van der Waals surface area contributed by atoms with Crippen LogP contribution >= 0.6 is 0 Å². The number of nitrogens with zero attached hydrogens (tertiary/aromatic N) is 2. The molecule has 43 heavy (non-hydrogen) atoms. The Hall–Kier alpha value is -4.28. The molecule has 3 heterocycles. The summed E-state index contributed by atoms with van der Waals surface area (Å²) in [4.78, 5) is 18.4. The lowest BCUT2D eigenvalue weighted by Crippen LogP contribution is -2.48. The van der Waals surface area contributed by atoms with E-state index in [0.717, 1.165) is 31.5 Å². The Morgan fingerprint density at radius 3 is 2.79 bits per heavy atom. The van der Waals surface area contributed by atoms with Crippen LogP contribution in [0.1, 0.15) is 42.7 Å². The fourth-order valence-corrected chi connectivity index (χ4v) is 5.32. The number of carbonyl (C=O) groups is 1. The van der Waals surface area contributed by atoms with Gasteiger partial charge in [0.1, 0.15) is 29.9 Å². The Balaban J connectivity index is 1.52. The van der Waals surface area contributed by atoms with E-state index in [0.29, 0.717) is 47.8 Å². The van der Waals surface area contributed by atoms with Gasteiger partial charge in [0.25, 0.3) is 0 Å². The molecule has 2 unspecified atom stereocenters. The summed E-state index contributed by atoms with van der Waals surface area (Å²) in [5.41, 5.74) is 4.97. The van der Waals surface area contributed by atoms with Crippen molar-refractivity contribution in [1.29, 1.82) is 5.41 Å². The largest absolute Gasteiger partial charge is 0.488 e. The molecular weight excluding hydrogens is 551 g/mol. The minimum atomic E-state index is -1.29. The van der Waals surface area contributed by atoms with E-state index in [4.69, 9.17) is 19.6 Å². The second kappa shape index (κ2) is 14.8. The number of ether oxygens (including phenoxy) is 3. The van der Waals surface area contributed by atoms with E-state index in [1.54, 1.807) is 31.2 Å². The second-order valence-corrected chi connectivity index (χ2v) is 10.4. The van der Waals surface area contributed by atoms with Crippen LogP contribution in [0.25, 0.3) is 5.57 Å². The standard InChI is InChI=1S/C33H39FN4O5/c1-5-25(28-8-7-9-30(36-28)37-32(42-6-2)26(17-35)33(39)40)31(21(3)4)43-19-22-10-11-24-18-38(14-12-23(24)16-22)29-13-15-41-20-27(29)34/h5,7-11,16-17,27,29,35H,1,3,6,12-15,18-20H2,2,4H3,(H,36,37)(H,39,40)/b31-25-,32-26-,35-17?. The maximum absolute atomic E-state index is 14.5. The number of carboxylic acids is 1. The van der Waals surface area contributed by atoms with Crippen molar-refractivity contribution in [3.63, 3.8) is 0 Å². The van der Waals surface area contributed by atoms with Gasteiger partial charge in [-0.1, -0.05) is 43.5 Å². The lowest BCUT2D eigenvalue weighted by Gasteiger charge is -2.39. The number of carboxylic acid groups (broad SMARTS) is 1. The smallest absolute Gasteiger partial charge is 0.342 e. The van der Waals surface area contributed by atoms with Crippen LogP contribution in [-0.4, -0.2) is 65.8 Å². The van der Waals surface area contributed by atoms with Gasteiger partial charge in [0, 0.05) is 37.5 Å². The van der Waals surface area contributed by atoms with Gasteiger partial charge in [0.05, 0.1) is 18.9 Å². The first-order valence-corrected chi connectivity index (χ1v) is 14.3. The fraction of sp³-hybridized carbons (Fsp3) is 0.364. The number of allylic oxidation sites excluding steroid dienone is 3. The van der Waals surface area contributed by atoms with Crippen LogP contribution in [0.2, 0.25) is 0 Å². The molecule has 1 aromatic heterocycles. The van der Waals surface area contributed by atoms with Crippen LogP contribution in [0.3, 0.4) is 0 Å². The SMILES string of the molecule is C=C/C(=C(/OCc1ccc2c(c1)CCN(C1CCOCC1F)C2)C(=C)C)c1cccc(N/C(OCC)=C(\C=N)C(=O)O)n1. The molecule has 0 amide bonds. The predicted molar refractivity (Wildman–Crippen MR) is 164 cm³/mol. The van der Waals surface area contributed by atoms with Crippen molar-refractivity contribution in [2.75, 3.05) is 31.7 Å². The van der Waals surface area contributed by atoms with Crippen molar-refractivity contribution in [2.45, 2.75) is 52.1 Å². The molecule has 0 aliphatic carbocycles. The molecule has 0 saturated carbocycles. The van der Waals surface area contributed by atoms with Crippen LogP contribution in [0.15, 0.2) is 78.4 Å². The van der Waals surface area contributed by atoms with E-state index in [1.807, 2.05) is 13.0 Å². The van der Waals surface area contributed by atoms with Crippen LogP contribution in [0.4, 0.5) is 10.2 Å². The molecule has 0 radical (unpaired) electrons. The molecule has 1 aromatic carbocycles. The highest BCUT2D eigenvalue weighted by molar-refractivity contribution is 6.08. The van der Waals surface area contributed by atoms with Gasteiger partial charge in [-0.2, -0.15) is 0 Å². The molecule has 3 N–H and O–H groups in total. The minimum Gasteiger partial charge on any atom is -0.488 e. The van der Waals surface area contributed by atoms with E-state index in [-0.39, 0.29) is 30.7 Å². The fourth-order valence-electron chi connectivity index (χ4n) is 5.32. The van der Waals surface area contributed by atoms with E-state index < -0.39 is 12.1 Å². The highest BCUT2D eigenvalue weighted by atomic mass is 19.1. The van der Waals surface area contributed by atoms with Gasteiger partial charge in [-0.3, -0.25) is 4.90 Å². The lowest BCUT2D eigenvalue weighted by atomic mass is 9.94. The van der Waals surface area contributed by atoms with Crippen molar-refractivity contribution in [1.82, 2.24) is 9.88 Å². The number of halogens is 1. The summed E-state index contributed by atoms with van der Waals surface area (Å²) in [6, 6.07) is 11.4. The summed E-state index contributed by atoms with van der Waals surface area (Å²) < 4.78 is 31.5. The first kappa shape index (κ1) is 31.7. The number of pyridine rings is 1. The van der Waals surface area contributed by atoms with Gasteiger partial charge < -0.3 is 30.0 Å². The molecule has 2 aromatic rings. The van der Waals surface area contributed by atoms with E-state index in [2.05, 4.69) is 40.5 Å². The van der Waals surface area contributed by atoms with Gasteiger partial charge in [0.15, 0.2) is 0 Å². The molecule has 2 aliphatic heterocycles. The van der Waals surface area contributed by atoms with Gasteiger partial charge in [-0.05, 0) is 61.1 Å². The van der Waals surface area contributed by atoms with E-state index in [9.17, 15) is 14.3 Å². The highest BCUT2D eigenvalue weighted by Crippen LogP contribution is 2.29. The molecule has 0 spiro atoms. The van der Waals surface area contributed by atoms with Gasteiger partial charge in [-0.15, -0.1) is 0 Å². The van der Waals surface area contributed by atoms with Gasteiger partial charge >= 0.3 is 5.97 Å². The van der Waals surface area contributed by atoms with Crippen LogP contribution < -0.4 is 5.32 Å². The Morgan fingerprint density at radius 2 is 2.12 bits per heavy atom. The Kier molecular flexibility index (Phi) is 10.9. The Bertz CT molecular complexity index is 1440. The molecule has 2 aliphatic rings. The number of anilines is 1. The van der Waals surface area contributed by atoms with E-state index in [1.165, 1.54) is 11.1 Å². The zero-order valence-corrected chi connectivity index (χ0v) is 24.7. The normalized spacial score (nSPS) is 19.7. The van der Waals surface area contributed by atoms with Gasteiger partial charge in [-0.25, -0.2) is 14.2 Å². The first-order chi connectivity index (χ1) is 20.7. The van der Waals surface area contributed by atoms with E-state index >= 15 is 0 Å². The lowest BCUT2D eigenvalue weighted by molar-refractivity contribution is -0.132. The molecule has 9 nitrogen and oxygen atoms in total. The maximum atomic E-state index is 14.5. The van der Waals surface area contributed by atoms with Crippen molar-refractivity contribution in [3.8, 4) is 0 Å². The average Bonchev–Trinajstić information content (AvgIpc) is 2.99. The van der Waals surface area contributed by atoms with Crippen molar-refractivity contribution < 1.29 is 28.5 Å². The highest BCUT2D eigenvalue weighted by Gasteiger charge is 2.32. The summed E-state index contributed by atoms with van der Waals surface area (Å²) in [7, 11) is 0. The number of hydrogen-bond acceptors (Lipinski definition) is 8. The van der Waals surface area contributed by atoms with Crippen LogP contribution in [0, 0.1) is 5.41 Å². The third kappa shape index (κ3) is 7.77. The molecule has 1 saturated heterocycles. The summed E-state index contributed by atoms with van der Waals surface area (Å²) in [6.07, 6.45) is 2.97. The molecular formula is C33H39FN4O5. The average molecular weight is 591 g/mol. The number of hydrogen-bond donors (Lipinski definition) is 3. The first-order valence-electron chi connectivity index (χ1n) is 14.3. The predicted octanol–water partition coefficient (Wildman–Crippen LogP) is 5.65. The zero-order valence-electron chi connectivity index (χ0n) is 24.7. The van der Waals surface area contributed by atoms with Crippen LogP contribution in [-0.2, 0) is 38.6 Å². The number of alkyl halides is 1. The number of nitrogens with one attached hydrogen (secondary N) is 2. The molecule has 0 bridgehead atoms. The number of fused-ring (bicyclic) bond motifs is 1. The number of benzene rings is 1. The third-order valence-corrected chi connectivity index (χ3v) is 7.43. The number of aromatic nitrogens is 1. The molecule has 228 valence electrons. The van der Waals surface area contributed by atoms with Crippen molar-refractivity contribution >= 4 is 23.6 Å². The third-order valence-electron chi connectivity index (χ3n) is 7.43. The molecule has 1 fully saturated rings. The topological polar surface area (TPSA) is 117 Å². The summed E-state index contributed by atoms with van der Waals surface area (Å²) >= 11 is 0. The Morgan fingerprint density at radius 1 is 1.30 bits per heavy atom. The summed E-state index contributed by atoms with van der Waals surface area (Å²) in [5.74, 6) is -0.518. The number of rotatable bonds is 13. The minimum absolute atomic E-state index is 0.0806. The van der Waals surface area contributed by atoms with Gasteiger partial charge in [0.2, 0.25) is 5.88 Å².